The monoisotopic (exact) mass is 381 g/mol. The average molecular weight is 381 g/mol. The number of para-hydroxylation sites is 1. The first-order chi connectivity index (χ1) is 13.5. The molecule has 1 atom stereocenters. The number of rotatable bonds is 8. The lowest BCUT2D eigenvalue weighted by Crippen LogP contribution is -2.31. The molecule has 0 radical (unpaired) electrons. The van der Waals surface area contributed by atoms with Crippen LogP contribution in [-0.2, 0) is 14.3 Å². The maximum Gasteiger partial charge on any atom is 0.309 e. The molecular formula is C22H23NO5. The number of carbonyl (C=O) groups excluding carboxylic acids is 2. The Kier molecular flexibility index (Phi) is 6.32. The van der Waals surface area contributed by atoms with Gasteiger partial charge >= 0.3 is 5.97 Å². The highest BCUT2D eigenvalue weighted by molar-refractivity contribution is 5.81. The Labute approximate surface area is 163 Å². The van der Waals surface area contributed by atoms with Crippen molar-refractivity contribution in [1.82, 2.24) is 5.32 Å². The summed E-state index contributed by atoms with van der Waals surface area (Å²) < 4.78 is 16.2. The Morgan fingerprint density at radius 1 is 1.11 bits per heavy atom. The first-order valence-electron chi connectivity index (χ1n) is 9.14. The summed E-state index contributed by atoms with van der Waals surface area (Å²) >= 11 is 0. The average Bonchev–Trinajstić information content (AvgIpc) is 3.12. The number of amides is 1. The van der Waals surface area contributed by atoms with Crippen LogP contribution in [0, 0.1) is 6.92 Å². The second-order valence-electron chi connectivity index (χ2n) is 6.55. The van der Waals surface area contributed by atoms with Crippen molar-refractivity contribution < 1.29 is 23.5 Å². The van der Waals surface area contributed by atoms with Crippen LogP contribution in [0.2, 0.25) is 0 Å². The first-order valence-corrected chi connectivity index (χ1v) is 9.14. The predicted octanol–water partition coefficient (Wildman–Crippen LogP) is 3.93. The zero-order chi connectivity index (χ0) is 19.9. The third-order valence-corrected chi connectivity index (χ3v) is 4.21. The van der Waals surface area contributed by atoms with E-state index >= 15 is 0 Å². The Balaban J connectivity index is 1.38. The number of furan rings is 1. The SMILES string of the molecule is Cc1ccc(OCCC(=O)OCC(=O)N[C@@H](C)c2cc3ccccc3o2)cc1. The molecule has 0 spiro atoms. The van der Waals surface area contributed by atoms with Crippen molar-refractivity contribution in [2.45, 2.75) is 26.3 Å². The van der Waals surface area contributed by atoms with Crippen LogP contribution in [0.15, 0.2) is 59.0 Å². The maximum absolute atomic E-state index is 12.0. The van der Waals surface area contributed by atoms with Crippen molar-refractivity contribution in [2.75, 3.05) is 13.2 Å². The number of nitrogens with one attached hydrogen (secondary N) is 1. The number of hydrogen-bond acceptors (Lipinski definition) is 5. The van der Waals surface area contributed by atoms with Gasteiger partial charge < -0.3 is 19.2 Å². The summed E-state index contributed by atoms with van der Waals surface area (Å²) in [6.45, 7) is 3.65. The van der Waals surface area contributed by atoms with Crippen molar-refractivity contribution in [3.63, 3.8) is 0 Å². The van der Waals surface area contributed by atoms with Crippen molar-refractivity contribution in [3.05, 3.63) is 65.9 Å². The molecule has 2 aromatic carbocycles. The molecule has 3 rings (SSSR count). The highest BCUT2D eigenvalue weighted by Gasteiger charge is 2.15. The van der Waals surface area contributed by atoms with E-state index in [9.17, 15) is 9.59 Å². The van der Waals surface area contributed by atoms with E-state index < -0.39 is 5.97 Å². The van der Waals surface area contributed by atoms with E-state index in [4.69, 9.17) is 13.9 Å². The number of esters is 1. The maximum atomic E-state index is 12.0. The van der Waals surface area contributed by atoms with Gasteiger partial charge in [-0.25, -0.2) is 0 Å². The van der Waals surface area contributed by atoms with Crippen LogP contribution in [0.3, 0.4) is 0 Å². The van der Waals surface area contributed by atoms with Gasteiger partial charge in [-0.3, -0.25) is 9.59 Å². The summed E-state index contributed by atoms with van der Waals surface area (Å²) in [7, 11) is 0. The number of hydrogen-bond donors (Lipinski definition) is 1. The van der Waals surface area contributed by atoms with Crippen LogP contribution in [0.25, 0.3) is 11.0 Å². The van der Waals surface area contributed by atoms with Gasteiger partial charge in [0, 0.05) is 5.39 Å². The summed E-state index contributed by atoms with van der Waals surface area (Å²) in [6, 6.07) is 16.7. The zero-order valence-corrected chi connectivity index (χ0v) is 15.9. The van der Waals surface area contributed by atoms with Crippen LogP contribution in [0.4, 0.5) is 0 Å². The van der Waals surface area contributed by atoms with Gasteiger partial charge in [0.15, 0.2) is 6.61 Å². The van der Waals surface area contributed by atoms with Gasteiger partial charge in [-0.1, -0.05) is 35.9 Å². The smallest absolute Gasteiger partial charge is 0.309 e. The van der Waals surface area contributed by atoms with Crippen LogP contribution in [0.5, 0.6) is 5.75 Å². The van der Waals surface area contributed by atoms with Crippen LogP contribution >= 0.6 is 0 Å². The van der Waals surface area contributed by atoms with Crippen molar-refractivity contribution >= 4 is 22.8 Å². The summed E-state index contributed by atoms with van der Waals surface area (Å²) in [5, 5.41) is 3.73. The molecule has 0 bridgehead atoms. The van der Waals surface area contributed by atoms with E-state index in [2.05, 4.69) is 5.32 Å². The van der Waals surface area contributed by atoms with E-state index in [1.54, 1.807) is 0 Å². The summed E-state index contributed by atoms with van der Waals surface area (Å²) in [4.78, 5) is 23.8. The van der Waals surface area contributed by atoms with Crippen LogP contribution in [-0.4, -0.2) is 25.1 Å². The van der Waals surface area contributed by atoms with Crippen molar-refractivity contribution in [3.8, 4) is 5.75 Å². The number of carbonyl (C=O) groups is 2. The van der Waals surface area contributed by atoms with Gasteiger partial charge in [0.1, 0.15) is 17.1 Å². The lowest BCUT2D eigenvalue weighted by atomic mass is 10.2. The minimum Gasteiger partial charge on any atom is -0.493 e. The van der Waals surface area contributed by atoms with Crippen LogP contribution < -0.4 is 10.1 Å². The molecular weight excluding hydrogens is 358 g/mol. The Bertz CT molecular complexity index is 912. The summed E-state index contributed by atoms with van der Waals surface area (Å²) in [6.07, 6.45) is 0.0697. The van der Waals surface area contributed by atoms with Crippen molar-refractivity contribution in [2.24, 2.45) is 0 Å². The fourth-order valence-electron chi connectivity index (χ4n) is 2.67. The lowest BCUT2D eigenvalue weighted by molar-refractivity contribution is -0.149. The summed E-state index contributed by atoms with van der Waals surface area (Å²) in [5.41, 5.74) is 1.90. The molecule has 1 aromatic heterocycles. The Hall–Kier alpha value is -3.28. The van der Waals surface area contributed by atoms with E-state index in [0.717, 1.165) is 16.5 Å². The largest absolute Gasteiger partial charge is 0.493 e. The molecule has 146 valence electrons. The molecule has 0 aliphatic rings. The number of ether oxygens (including phenoxy) is 2. The first kappa shape index (κ1) is 19.5. The van der Waals surface area contributed by atoms with Gasteiger partial charge in [-0.15, -0.1) is 0 Å². The molecule has 28 heavy (non-hydrogen) atoms. The highest BCUT2D eigenvalue weighted by Crippen LogP contribution is 2.23. The van der Waals surface area contributed by atoms with Crippen molar-refractivity contribution in [1.29, 1.82) is 0 Å². The Morgan fingerprint density at radius 3 is 2.61 bits per heavy atom. The summed E-state index contributed by atoms with van der Waals surface area (Å²) in [5.74, 6) is 0.461. The van der Waals surface area contributed by atoms with Gasteiger partial charge in [-0.2, -0.15) is 0 Å². The molecule has 6 heteroatoms. The normalized spacial score (nSPS) is 11.8. The van der Waals surface area contributed by atoms with E-state index in [-0.39, 0.29) is 31.6 Å². The molecule has 0 saturated heterocycles. The fourth-order valence-corrected chi connectivity index (χ4v) is 2.67. The number of aryl methyl sites for hydroxylation is 1. The van der Waals surface area contributed by atoms with Gasteiger partial charge in [0.05, 0.1) is 19.1 Å². The fraction of sp³-hybridized carbons (Fsp3) is 0.273. The minimum atomic E-state index is -0.487. The lowest BCUT2D eigenvalue weighted by Gasteiger charge is -2.11. The van der Waals surface area contributed by atoms with Gasteiger partial charge in [0.2, 0.25) is 0 Å². The molecule has 1 heterocycles. The quantitative estimate of drug-likeness (QED) is 0.598. The highest BCUT2D eigenvalue weighted by atomic mass is 16.5. The second-order valence-corrected chi connectivity index (χ2v) is 6.55. The molecule has 1 N–H and O–H groups in total. The molecule has 3 aromatic rings. The van der Waals surface area contributed by atoms with E-state index in [0.29, 0.717) is 11.5 Å². The zero-order valence-electron chi connectivity index (χ0n) is 15.9. The molecule has 0 aliphatic carbocycles. The van der Waals surface area contributed by atoms with E-state index in [1.807, 2.05) is 68.4 Å². The molecule has 1 amide bonds. The third kappa shape index (κ3) is 5.36. The van der Waals surface area contributed by atoms with Crippen LogP contribution in [0.1, 0.15) is 30.7 Å². The topological polar surface area (TPSA) is 77.8 Å². The number of benzene rings is 2. The molecule has 0 unspecified atom stereocenters. The van der Waals surface area contributed by atoms with Gasteiger partial charge in [0.25, 0.3) is 5.91 Å². The third-order valence-electron chi connectivity index (χ3n) is 4.21. The van der Waals surface area contributed by atoms with Gasteiger partial charge in [-0.05, 0) is 38.1 Å². The molecule has 0 saturated carbocycles. The standard InChI is InChI=1S/C22H23NO5/c1-15-7-9-18(10-8-15)26-12-11-22(25)27-14-21(24)23-16(2)20-13-17-5-3-4-6-19(17)28-20/h3-10,13,16H,11-12,14H2,1-2H3,(H,23,24)/t16-/m0/s1. The predicted molar refractivity (Wildman–Crippen MR) is 105 cm³/mol. The second kappa shape index (κ2) is 9.08. The van der Waals surface area contributed by atoms with E-state index in [1.165, 1.54) is 0 Å². The molecule has 6 nitrogen and oxygen atoms in total. The minimum absolute atomic E-state index is 0.0697. The molecule has 0 fully saturated rings. The molecule has 0 aliphatic heterocycles. The Morgan fingerprint density at radius 2 is 1.86 bits per heavy atom. The number of fused-ring (bicyclic) bond motifs is 1.